The molecule has 154 valence electrons. The average molecular weight is 456 g/mol. The second-order valence-corrected chi connectivity index (χ2v) is 8.17. The number of benzene rings is 2. The first-order valence-corrected chi connectivity index (χ1v) is 10.7. The standard InChI is InChI=1S/C20H20Cl2FN3O2S/c1-3-26(4-2)11-24-20(27)18-13(22)6-7-15(19(18)23)28-10-17-25-14-9-12(21)5-8-16(14)29-17/h5-9H,3-4,10-11H2,1-2H3,(H,24,27). The molecule has 1 aromatic heterocycles. The summed E-state index contributed by atoms with van der Waals surface area (Å²) in [4.78, 5) is 18.9. The van der Waals surface area contributed by atoms with Crippen LogP contribution in [0, 0.1) is 5.82 Å². The van der Waals surface area contributed by atoms with Crippen LogP contribution in [0.15, 0.2) is 30.3 Å². The number of carbonyl (C=O) groups excluding carboxylic acids is 1. The summed E-state index contributed by atoms with van der Waals surface area (Å²) in [5.74, 6) is -1.43. The van der Waals surface area contributed by atoms with E-state index in [2.05, 4.69) is 10.3 Å². The molecule has 0 aliphatic heterocycles. The van der Waals surface area contributed by atoms with Crippen LogP contribution in [0.3, 0.4) is 0 Å². The molecule has 0 unspecified atom stereocenters. The Kier molecular flexibility index (Phi) is 7.29. The van der Waals surface area contributed by atoms with Crippen molar-refractivity contribution in [3.63, 3.8) is 0 Å². The lowest BCUT2D eigenvalue weighted by Gasteiger charge is -2.19. The number of rotatable bonds is 8. The normalized spacial score (nSPS) is 11.2. The van der Waals surface area contributed by atoms with Crippen molar-refractivity contribution in [1.29, 1.82) is 0 Å². The highest BCUT2D eigenvalue weighted by atomic mass is 35.5. The number of halogens is 3. The molecule has 5 nitrogen and oxygen atoms in total. The minimum atomic E-state index is -0.793. The van der Waals surface area contributed by atoms with Crippen molar-refractivity contribution >= 4 is 50.7 Å². The topological polar surface area (TPSA) is 54.5 Å². The van der Waals surface area contributed by atoms with Crippen molar-refractivity contribution in [2.24, 2.45) is 0 Å². The number of aromatic nitrogens is 1. The van der Waals surface area contributed by atoms with Crippen LogP contribution in [0.25, 0.3) is 10.2 Å². The predicted octanol–water partition coefficient (Wildman–Crippen LogP) is 5.35. The van der Waals surface area contributed by atoms with Gasteiger partial charge in [-0.1, -0.05) is 37.0 Å². The Morgan fingerprint density at radius 3 is 2.72 bits per heavy atom. The van der Waals surface area contributed by atoms with E-state index < -0.39 is 11.7 Å². The molecule has 0 radical (unpaired) electrons. The van der Waals surface area contributed by atoms with Crippen LogP contribution in [0.1, 0.15) is 29.2 Å². The van der Waals surface area contributed by atoms with E-state index in [1.165, 1.54) is 23.5 Å². The summed E-state index contributed by atoms with van der Waals surface area (Å²) in [6.45, 7) is 5.87. The highest BCUT2D eigenvalue weighted by Crippen LogP contribution is 2.29. The number of fused-ring (bicyclic) bond motifs is 1. The molecule has 9 heteroatoms. The lowest BCUT2D eigenvalue weighted by Crippen LogP contribution is -2.37. The van der Waals surface area contributed by atoms with Gasteiger partial charge in [0.15, 0.2) is 11.6 Å². The van der Waals surface area contributed by atoms with Crippen LogP contribution in [-0.4, -0.2) is 35.5 Å². The van der Waals surface area contributed by atoms with Crippen molar-refractivity contribution in [2.45, 2.75) is 20.5 Å². The maximum atomic E-state index is 14.9. The molecule has 0 spiro atoms. The van der Waals surface area contributed by atoms with E-state index >= 15 is 0 Å². The molecule has 1 amide bonds. The molecule has 0 atom stereocenters. The molecule has 0 aliphatic rings. The second-order valence-electron chi connectivity index (χ2n) is 6.21. The maximum absolute atomic E-state index is 14.9. The second kappa shape index (κ2) is 9.71. The molecule has 3 aromatic rings. The van der Waals surface area contributed by atoms with Gasteiger partial charge < -0.3 is 10.1 Å². The SMILES string of the molecule is CCN(CC)CNC(=O)c1c(Cl)ccc(OCc2nc3cc(Cl)ccc3s2)c1F. The van der Waals surface area contributed by atoms with Gasteiger partial charge in [0.05, 0.1) is 27.5 Å². The summed E-state index contributed by atoms with van der Waals surface area (Å²) in [5, 5.41) is 3.99. The van der Waals surface area contributed by atoms with E-state index in [0.29, 0.717) is 16.7 Å². The zero-order valence-corrected chi connectivity index (χ0v) is 18.3. The number of thiazole rings is 1. The van der Waals surface area contributed by atoms with Crippen LogP contribution in [-0.2, 0) is 6.61 Å². The van der Waals surface area contributed by atoms with Crippen molar-refractivity contribution in [1.82, 2.24) is 15.2 Å². The summed E-state index contributed by atoms with van der Waals surface area (Å²) in [7, 11) is 0. The first-order chi connectivity index (χ1) is 13.9. The summed E-state index contributed by atoms with van der Waals surface area (Å²) < 4.78 is 21.5. The molecule has 29 heavy (non-hydrogen) atoms. The third kappa shape index (κ3) is 5.17. The number of carbonyl (C=O) groups is 1. The Labute approximate surface area is 182 Å². The third-order valence-electron chi connectivity index (χ3n) is 4.39. The summed E-state index contributed by atoms with van der Waals surface area (Å²) >= 11 is 13.5. The summed E-state index contributed by atoms with van der Waals surface area (Å²) in [6.07, 6.45) is 0. The third-order valence-corrected chi connectivity index (χ3v) is 5.95. The van der Waals surface area contributed by atoms with Gasteiger partial charge >= 0.3 is 0 Å². The van der Waals surface area contributed by atoms with Crippen LogP contribution < -0.4 is 10.1 Å². The Morgan fingerprint density at radius 2 is 2.00 bits per heavy atom. The van der Waals surface area contributed by atoms with E-state index in [1.807, 2.05) is 24.8 Å². The van der Waals surface area contributed by atoms with Crippen LogP contribution >= 0.6 is 34.5 Å². The van der Waals surface area contributed by atoms with E-state index in [9.17, 15) is 9.18 Å². The van der Waals surface area contributed by atoms with Gasteiger partial charge in [-0.25, -0.2) is 9.37 Å². The van der Waals surface area contributed by atoms with Gasteiger partial charge in [-0.05, 0) is 43.4 Å². The van der Waals surface area contributed by atoms with Gasteiger partial charge in [-0.3, -0.25) is 9.69 Å². The highest BCUT2D eigenvalue weighted by molar-refractivity contribution is 7.18. The zero-order valence-electron chi connectivity index (χ0n) is 16.0. The minimum Gasteiger partial charge on any atom is -0.483 e. The van der Waals surface area contributed by atoms with Crippen LogP contribution in [0.4, 0.5) is 4.39 Å². The van der Waals surface area contributed by atoms with Gasteiger partial charge in [-0.2, -0.15) is 0 Å². The molecular weight excluding hydrogens is 436 g/mol. The zero-order chi connectivity index (χ0) is 21.0. The lowest BCUT2D eigenvalue weighted by atomic mass is 10.2. The van der Waals surface area contributed by atoms with E-state index in [1.54, 1.807) is 12.1 Å². The predicted molar refractivity (Wildman–Crippen MR) is 116 cm³/mol. The van der Waals surface area contributed by atoms with Crippen LogP contribution in [0.5, 0.6) is 5.75 Å². The van der Waals surface area contributed by atoms with Crippen molar-refractivity contribution in [3.05, 3.63) is 56.8 Å². The van der Waals surface area contributed by atoms with Gasteiger partial charge in [0, 0.05) is 5.02 Å². The van der Waals surface area contributed by atoms with Gasteiger partial charge in [0.25, 0.3) is 5.91 Å². The molecule has 0 bridgehead atoms. The number of nitrogens with one attached hydrogen (secondary N) is 1. The molecule has 1 N–H and O–H groups in total. The quantitative estimate of drug-likeness (QED) is 0.465. The fourth-order valence-corrected chi connectivity index (χ4v) is 3.98. The number of nitrogens with zero attached hydrogens (tertiary/aromatic N) is 2. The van der Waals surface area contributed by atoms with Crippen molar-refractivity contribution in [3.8, 4) is 5.75 Å². The molecule has 1 heterocycles. The first kappa shape index (κ1) is 21.8. The van der Waals surface area contributed by atoms with Crippen molar-refractivity contribution < 1.29 is 13.9 Å². The fourth-order valence-electron chi connectivity index (χ4n) is 2.72. The number of hydrogen-bond donors (Lipinski definition) is 1. The Morgan fingerprint density at radius 1 is 1.24 bits per heavy atom. The van der Waals surface area contributed by atoms with Crippen LogP contribution in [0.2, 0.25) is 10.0 Å². The molecule has 0 aliphatic carbocycles. The Balaban J connectivity index is 1.74. The monoisotopic (exact) mass is 455 g/mol. The number of amides is 1. The Bertz CT molecular complexity index is 1020. The molecule has 0 saturated carbocycles. The molecule has 2 aromatic carbocycles. The van der Waals surface area contributed by atoms with Gasteiger partial charge in [0.2, 0.25) is 0 Å². The van der Waals surface area contributed by atoms with Gasteiger partial charge in [0.1, 0.15) is 11.6 Å². The summed E-state index contributed by atoms with van der Waals surface area (Å²) in [5.41, 5.74) is 0.529. The summed E-state index contributed by atoms with van der Waals surface area (Å²) in [6, 6.07) is 8.28. The maximum Gasteiger partial charge on any atom is 0.256 e. The molecule has 3 rings (SSSR count). The minimum absolute atomic E-state index is 0.0292. The van der Waals surface area contributed by atoms with E-state index in [0.717, 1.165) is 23.3 Å². The van der Waals surface area contributed by atoms with E-state index in [4.69, 9.17) is 27.9 Å². The number of ether oxygens (including phenoxy) is 1. The molecule has 0 saturated heterocycles. The van der Waals surface area contributed by atoms with Gasteiger partial charge in [-0.15, -0.1) is 11.3 Å². The lowest BCUT2D eigenvalue weighted by molar-refractivity contribution is 0.0921. The number of hydrogen-bond acceptors (Lipinski definition) is 5. The molecule has 0 fully saturated rings. The highest BCUT2D eigenvalue weighted by Gasteiger charge is 2.21. The Hall–Kier alpha value is -1.93. The smallest absolute Gasteiger partial charge is 0.256 e. The fraction of sp³-hybridized carbons (Fsp3) is 0.300. The molecular formula is C20H20Cl2FN3O2S. The largest absolute Gasteiger partial charge is 0.483 e. The van der Waals surface area contributed by atoms with Crippen molar-refractivity contribution in [2.75, 3.05) is 19.8 Å². The average Bonchev–Trinajstić information content (AvgIpc) is 3.10. The van der Waals surface area contributed by atoms with E-state index in [-0.39, 0.29) is 22.9 Å². The first-order valence-electron chi connectivity index (χ1n) is 9.09.